The molecule has 4 nitrogen and oxygen atoms in total. The molecule has 0 aliphatic carbocycles. The van der Waals surface area contributed by atoms with Gasteiger partial charge in [-0.25, -0.2) is 0 Å². The molecule has 4 heteroatoms. The van der Waals surface area contributed by atoms with Crippen molar-refractivity contribution < 1.29 is 4.74 Å². The van der Waals surface area contributed by atoms with Crippen molar-refractivity contribution in [3.05, 3.63) is 24.3 Å². The van der Waals surface area contributed by atoms with E-state index >= 15 is 0 Å². The van der Waals surface area contributed by atoms with Crippen molar-refractivity contribution in [2.75, 3.05) is 31.6 Å². The van der Waals surface area contributed by atoms with Crippen molar-refractivity contribution in [2.24, 2.45) is 0 Å². The first kappa shape index (κ1) is 12.7. The van der Waals surface area contributed by atoms with Crippen molar-refractivity contribution in [3.63, 3.8) is 0 Å². The van der Waals surface area contributed by atoms with E-state index in [9.17, 15) is 0 Å². The average Bonchev–Trinajstić information content (AvgIpc) is 2.62. The lowest BCUT2D eigenvalue weighted by atomic mass is 10.2. The van der Waals surface area contributed by atoms with Crippen LogP contribution >= 0.6 is 0 Å². The van der Waals surface area contributed by atoms with Crippen LogP contribution in [0.5, 0.6) is 5.75 Å². The quantitative estimate of drug-likeness (QED) is 0.878. The Bertz CT molecular complexity index is 427. The topological polar surface area (TPSA) is 48.3 Å². The predicted octanol–water partition coefficient (Wildman–Crippen LogP) is 1.78. The fourth-order valence-electron chi connectivity index (χ4n) is 2.19. The summed E-state index contributed by atoms with van der Waals surface area (Å²) in [6.45, 7) is 2.62. The van der Waals surface area contributed by atoms with E-state index < -0.39 is 0 Å². The Morgan fingerprint density at radius 1 is 1.50 bits per heavy atom. The van der Waals surface area contributed by atoms with Crippen molar-refractivity contribution in [3.8, 4) is 11.8 Å². The largest absolute Gasteiger partial charge is 0.491 e. The van der Waals surface area contributed by atoms with Crippen molar-refractivity contribution >= 4 is 5.69 Å². The number of para-hydroxylation sites is 2. The minimum absolute atomic E-state index is 0.0821. The highest BCUT2D eigenvalue weighted by Gasteiger charge is 2.16. The molecular weight excluding hydrogens is 226 g/mol. The van der Waals surface area contributed by atoms with Crippen LogP contribution < -0.4 is 15.0 Å². The van der Waals surface area contributed by atoms with Gasteiger partial charge in [0.1, 0.15) is 5.75 Å². The second kappa shape index (κ2) is 6.27. The van der Waals surface area contributed by atoms with Gasteiger partial charge in [0.15, 0.2) is 0 Å². The lowest BCUT2D eigenvalue weighted by Crippen LogP contribution is -2.32. The van der Waals surface area contributed by atoms with Crippen LogP contribution in [0.25, 0.3) is 0 Å². The maximum atomic E-state index is 8.95. The molecule has 1 aliphatic rings. The molecule has 1 aromatic rings. The average molecular weight is 245 g/mol. The van der Waals surface area contributed by atoms with E-state index in [-0.39, 0.29) is 6.04 Å². The van der Waals surface area contributed by atoms with Gasteiger partial charge in [0, 0.05) is 13.1 Å². The van der Waals surface area contributed by atoms with Crippen LogP contribution in [0.3, 0.4) is 0 Å². The summed E-state index contributed by atoms with van der Waals surface area (Å²) < 4.78 is 5.72. The standard InChI is InChI=1S/C14H19N3O/c1-16-12(11-15)7-9-17-8-4-10-18-14-6-3-2-5-13(14)17/h2-3,5-6,12,16H,4,7-10H2,1H3. The number of benzene rings is 1. The van der Waals surface area contributed by atoms with Crippen LogP contribution in [-0.4, -0.2) is 32.8 Å². The summed E-state index contributed by atoms with van der Waals surface area (Å²) in [5, 5.41) is 12.0. The Morgan fingerprint density at radius 2 is 2.33 bits per heavy atom. The zero-order valence-electron chi connectivity index (χ0n) is 10.7. The van der Waals surface area contributed by atoms with Crippen LogP contribution in [0.1, 0.15) is 12.8 Å². The van der Waals surface area contributed by atoms with Gasteiger partial charge >= 0.3 is 0 Å². The molecule has 0 saturated heterocycles. The number of rotatable bonds is 4. The Balaban J connectivity index is 2.06. The number of nitriles is 1. The zero-order valence-corrected chi connectivity index (χ0v) is 10.7. The van der Waals surface area contributed by atoms with Gasteiger partial charge in [-0.05, 0) is 32.0 Å². The number of fused-ring (bicyclic) bond motifs is 1. The van der Waals surface area contributed by atoms with Crippen molar-refractivity contribution in [1.29, 1.82) is 5.26 Å². The fraction of sp³-hybridized carbons (Fsp3) is 0.500. The smallest absolute Gasteiger partial charge is 0.142 e. The highest BCUT2D eigenvalue weighted by atomic mass is 16.5. The molecule has 1 N–H and O–H groups in total. The third-order valence-electron chi connectivity index (χ3n) is 3.23. The van der Waals surface area contributed by atoms with Gasteiger partial charge in [-0.3, -0.25) is 0 Å². The zero-order chi connectivity index (χ0) is 12.8. The molecule has 1 aromatic carbocycles. The fourth-order valence-corrected chi connectivity index (χ4v) is 2.19. The molecule has 2 rings (SSSR count). The van der Waals surface area contributed by atoms with E-state index in [0.717, 1.165) is 44.0 Å². The third-order valence-corrected chi connectivity index (χ3v) is 3.23. The molecule has 1 unspecified atom stereocenters. The molecule has 0 bridgehead atoms. The maximum Gasteiger partial charge on any atom is 0.142 e. The monoisotopic (exact) mass is 245 g/mol. The summed E-state index contributed by atoms with van der Waals surface area (Å²) in [6, 6.07) is 10.3. The molecule has 18 heavy (non-hydrogen) atoms. The Morgan fingerprint density at radius 3 is 3.11 bits per heavy atom. The summed E-state index contributed by atoms with van der Waals surface area (Å²) in [5.74, 6) is 0.952. The van der Waals surface area contributed by atoms with E-state index in [1.807, 2.05) is 25.2 Å². The van der Waals surface area contributed by atoms with Crippen LogP contribution in [-0.2, 0) is 0 Å². The Hall–Kier alpha value is -1.73. The lowest BCUT2D eigenvalue weighted by molar-refractivity contribution is 0.322. The molecule has 0 amide bonds. The van der Waals surface area contributed by atoms with Gasteiger partial charge in [-0.15, -0.1) is 0 Å². The first-order valence-corrected chi connectivity index (χ1v) is 6.39. The number of nitrogens with one attached hydrogen (secondary N) is 1. The van der Waals surface area contributed by atoms with Gasteiger partial charge in [0.2, 0.25) is 0 Å². The molecule has 1 heterocycles. The van der Waals surface area contributed by atoms with E-state index in [1.165, 1.54) is 0 Å². The lowest BCUT2D eigenvalue weighted by Gasteiger charge is -2.24. The summed E-state index contributed by atoms with van der Waals surface area (Å²) in [4.78, 5) is 2.31. The first-order chi connectivity index (χ1) is 8.85. The van der Waals surface area contributed by atoms with Crippen molar-refractivity contribution in [2.45, 2.75) is 18.9 Å². The maximum absolute atomic E-state index is 8.95. The summed E-state index contributed by atoms with van der Waals surface area (Å²) in [6.07, 6.45) is 1.84. The molecular formula is C14H19N3O. The molecule has 0 spiro atoms. The second-order valence-corrected chi connectivity index (χ2v) is 4.42. The van der Waals surface area contributed by atoms with Crippen molar-refractivity contribution in [1.82, 2.24) is 5.32 Å². The van der Waals surface area contributed by atoms with E-state index in [4.69, 9.17) is 10.00 Å². The first-order valence-electron chi connectivity index (χ1n) is 6.39. The predicted molar refractivity (Wildman–Crippen MR) is 71.8 cm³/mol. The highest BCUT2D eigenvalue weighted by Crippen LogP contribution is 2.30. The third kappa shape index (κ3) is 2.93. The second-order valence-electron chi connectivity index (χ2n) is 4.42. The van der Waals surface area contributed by atoms with Crippen LogP contribution in [0, 0.1) is 11.3 Å². The Kier molecular flexibility index (Phi) is 4.43. The molecule has 0 saturated carbocycles. The number of hydrogen-bond donors (Lipinski definition) is 1. The van der Waals surface area contributed by atoms with Crippen LogP contribution in [0.2, 0.25) is 0 Å². The number of nitrogens with zero attached hydrogens (tertiary/aromatic N) is 2. The summed E-state index contributed by atoms with van der Waals surface area (Å²) >= 11 is 0. The van der Waals surface area contributed by atoms with Gasteiger partial charge in [0.05, 0.1) is 24.4 Å². The van der Waals surface area contributed by atoms with Gasteiger partial charge in [-0.2, -0.15) is 5.26 Å². The normalized spacial score (nSPS) is 16.1. The van der Waals surface area contributed by atoms with E-state index in [0.29, 0.717) is 0 Å². The Labute approximate surface area is 108 Å². The molecule has 0 aromatic heterocycles. The number of anilines is 1. The molecule has 0 radical (unpaired) electrons. The minimum Gasteiger partial charge on any atom is -0.491 e. The van der Waals surface area contributed by atoms with Gasteiger partial charge in [-0.1, -0.05) is 12.1 Å². The molecule has 1 atom stereocenters. The number of hydrogen-bond acceptors (Lipinski definition) is 4. The van der Waals surface area contributed by atoms with Gasteiger partial charge in [0.25, 0.3) is 0 Å². The number of ether oxygens (including phenoxy) is 1. The van der Waals surface area contributed by atoms with Crippen LogP contribution in [0.15, 0.2) is 24.3 Å². The van der Waals surface area contributed by atoms with Crippen LogP contribution in [0.4, 0.5) is 5.69 Å². The SMILES string of the molecule is CNC(C#N)CCN1CCCOc2ccccc21. The summed E-state index contributed by atoms with van der Waals surface area (Å²) in [5.41, 5.74) is 1.14. The summed E-state index contributed by atoms with van der Waals surface area (Å²) in [7, 11) is 1.83. The molecule has 0 fully saturated rings. The molecule has 96 valence electrons. The molecule has 1 aliphatic heterocycles. The highest BCUT2D eigenvalue weighted by molar-refractivity contribution is 5.58. The van der Waals surface area contributed by atoms with E-state index in [2.05, 4.69) is 22.4 Å². The van der Waals surface area contributed by atoms with Gasteiger partial charge < -0.3 is 15.0 Å². The minimum atomic E-state index is -0.0821. The van der Waals surface area contributed by atoms with E-state index in [1.54, 1.807) is 0 Å².